The Kier molecular flexibility index (Phi) is 5.18. The zero-order chi connectivity index (χ0) is 14.4. The molecular weight excluding hydrogens is 257 g/mol. The van der Waals surface area contributed by atoms with Crippen LogP contribution in [0.25, 0.3) is 0 Å². The third-order valence-electron chi connectivity index (χ3n) is 3.08. The van der Waals surface area contributed by atoms with Crippen molar-refractivity contribution in [3.8, 4) is 5.75 Å². The predicted octanol–water partition coefficient (Wildman–Crippen LogP) is 3.81. The molecule has 0 aliphatic rings. The summed E-state index contributed by atoms with van der Waals surface area (Å²) in [6.45, 7) is 6.05. The fourth-order valence-electron chi connectivity index (χ4n) is 1.97. The van der Waals surface area contributed by atoms with Gasteiger partial charge in [0.05, 0.1) is 6.26 Å². The van der Waals surface area contributed by atoms with Crippen molar-refractivity contribution in [1.82, 2.24) is 5.32 Å². The van der Waals surface area contributed by atoms with Gasteiger partial charge in [-0.3, -0.25) is 0 Å². The van der Waals surface area contributed by atoms with Crippen LogP contribution in [0.1, 0.15) is 30.2 Å². The number of benzene rings is 1. The van der Waals surface area contributed by atoms with Crippen LogP contribution in [0.2, 0.25) is 0 Å². The molecule has 20 heavy (non-hydrogen) atoms. The van der Waals surface area contributed by atoms with E-state index in [2.05, 4.69) is 12.2 Å². The van der Waals surface area contributed by atoms with E-state index < -0.39 is 0 Å². The maximum Gasteiger partial charge on any atom is 0.146 e. The second-order valence-corrected chi connectivity index (χ2v) is 4.74. The van der Waals surface area contributed by atoms with Crippen LogP contribution < -0.4 is 10.1 Å². The highest BCUT2D eigenvalue weighted by atomic mass is 19.1. The summed E-state index contributed by atoms with van der Waals surface area (Å²) in [7, 11) is 0. The van der Waals surface area contributed by atoms with E-state index in [0.717, 1.165) is 36.4 Å². The van der Waals surface area contributed by atoms with Gasteiger partial charge in [0.15, 0.2) is 0 Å². The fourth-order valence-corrected chi connectivity index (χ4v) is 1.97. The van der Waals surface area contributed by atoms with Crippen LogP contribution in [0, 0.1) is 12.7 Å². The summed E-state index contributed by atoms with van der Waals surface area (Å²) in [6.07, 6.45) is 2.76. The summed E-state index contributed by atoms with van der Waals surface area (Å²) in [6, 6.07) is 6.44. The van der Waals surface area contributed by atoms with Crippen molar-refractivity contribution in [2.75, 3.05) is 6.54 Å². The van der Waals surface area contributed by atoms with Gasteiger partial charge in [-0.2, -0.15) is 0 Å². The minimum atomic E-state index is -0.252. The molecule has 0 aliphatic carbocycles. The smallest absolute Gasteiger partial charge is 0.146 e. The van der Waals surface area contributed by atoms with E-state index in [1.54, 1.807) is 12.3 Å². The van der Waals surface area contributed by atoms with Crippen molar-refractivity contribution in [2.24, 2.45) is 0 Å². The van der Waals surface area contributed by atoms with Gasteiger partial charge in [-0.1, -0.05) is 6.92 Å². The summed E-state index contributed by atoms with van der Waals surface area (Å²) in [5.74, 6) is 1.23. The first-order valence-electron chi connectivity index (χ1n) is 6.85. The Morgan fingerprint density at radius 1 is 1.30 bits per heavy atom. The molecule has 0 amide bonds. The molecule has 1 aromatic carbocycles. The molecule has 1 heterocycles. The fraction of sp³-hybridized carbons (Fsp3) is 0.375. The zero-order valence-corrected chi connectivity index (χ0v) is 11.9. The van der Waals surface area contributed by atoms with Crippen LogP contribution in [-0.4, -0.2) is 6.54 Å². The van der Waals surface area contributed by atoms with Crippen LogP contribution in [0.4, 0.5) is 4.39 Å². The number of halogens is 1. The molecule has 1 N–H and O–H groups in total. The van der Waals surface area contributed by atoms with E-state index in [-0.39, 0.29) is 5.82 Å². The van der Waals surface area contributed by atoms with Gasteiger partial charge in [0.2, 0.25) is 0 Å². The highest BCUT2D eigenvalue weighted by Gasteiger charge is 2.08. The van der Waals surface area contributed by atoms with E-state index in [0.29, 0.717) is 12.4 Å². The molecule has 2 rings (SSSR count). The predicted molar refractivity (Wildman–Crippen MR) is 76.2 cm³/mol. The Hall–Kier alpha value is -1.81. The van der Waals surface area contributed by atoms with Gasteiger partial charge in [-0.05, 0) is 49.7 Å². The third-order valence-corrected chi connectivity index (χ3v) is 3.08. The van der Waals surface area contributed by atoms with Crippen LogP contribution in [0.3, 0.4) is 0 Å². The SMILES string of the molecule is CCCNCc1ccoc1COc1ccc(F)cc1C. The third kappa shape index (κ3) is 3.84. The van der Waals surface area contributed by atoms with Crippen molar-refractivity contribution in [3.05, 3.63) is 53.2 Å². The zero-order valence-electron chi connectivity index (χ0n) is 11.9. The van der Waals surface area contributed by atoms with Crippen molar-refractivity contribution < 1.29 is 13.5 Å². The van der Waals surface area contributed by atoms with Gasteiger partial charge in [0, 0.05) is 12.1 Å². The Bertz CT molecular complexity index is 551. The lowest BCUT2D eigenvalue weighted by Gasteiger charge is -2.09. The molecule has 3 nitrogen and oxygen atoms in total. The van der Waals surface area contributed by atoms with Crippen LogP contribution in [0.5, 0.6) is 5.75 Å². The van der Waals surface area contributed by atoms with Crippen molar-refractivity contribution >= 4 is 0 Å². The quantitative estimate of drug-likeness (QED) is 0.782. The van der Waals surface area contributed by atoms with E-state index in [9.17, 15) is 4.39 Å². The molecule has 0 fully saturated rings. The largest absolute Gasteiger partial charge is 0.485 e. The monoisotopic (exact) mass is 277 g/mol. The maximum absolute atomic E-state index is 13.0. The summed E-state index contributed by atoms with van der Waals surface area (Å²) in [5, 5.41) is 3.33. The summed E-state index contributed by atoms with van der Waals surface area (Å²) in [5.41, 5.74) is 1.88. The Balaban J connectivity index is 1.95. The number of ether oxygens (including phenoxy) is 1. The molecule has 0 atom stereocenters. The summed E-state index contributed by atoms with van der Waals surface area (Å²) in [4.78, 5) is 0. The molecule has 4 heteroatoms. The highest BCUT2D eigenvalue weighted by Crippen LogP contribution is 2.21. The molecule has 0 radical (unpaired) electrons. The van der Waals surface area contributed by atoms with E-state index in [4.69, 9.17) is 9.15 Å². The number of aryl methyl sites for hydroxylation is 1. The molecule has 2 aromatic rings. The van der Waals surface area contributed by atoms with Gasteiger partial charge in [0.1, 0.15) is 23.9 Å². The van der Waals surface area contributed by atoms with Crippen LogP contribution in [-0.2, 0) is 13.2 Å². The normalized spacial score (nSPS) is 10.8. The maximum atomic E-state index is 13.0. The second kappa shape index (κ2) is 7.10. The molecule has 0 saturated heterocycles. The Morgan fingerprint density at radius 3 is 2.90 bits per heavy atom. The van der Waals surface area contributed by atoms with Gasteiger partial charge in [0.25, 0.3) is 0 Å². The van der Waals surface area contributed by atoms with Crippen LogP contribution in [0.15, 0.2) is 34.9 Å². The number of hydrogen-bond donors (Lipinski definition) is 1. The molecule has 0 aliphatic heterocycles. The first-order valence-corrected chi connectivity index (χ1v) is 6.85. The number of furan rings is 1. The average Bonchev–Trinajstić information content (AvgIpc) is 2.86. The van der Waals surface area contributed by atoms with Gasteiger partial charge >= 0.3 is 0 Å². The first-order chi connectivity index (χ1) is 9.70. The van der Waals surface area contributed by atoms with E-state index in [1.165, 1.54) is 12.1 Å². The molecule has 108 valence electrons. The van der Waals surface area contributed by atoms with E-state index in [1.807, 2.05) is 13.0 Å². The lowest BCUT2D eigenvalue weighted by Crippen LogP contribution is -2.14. The number of nitrogens with one attached hydrogen (secondary N) is 1. The van der Waals surface area contributed by atoms with Gasteiger partial charge in [-0.25, -0.2) is 4.39 Å². The Morgan fingerprint density at radius 2 is 2.15 bits per heavy atom. The molecule has 0 spiro atoms. The summed E-state index contributed by atoms with van der Waals surface area (Å²) >= 11 is 0. The average molecular weight is 277 g/mol. The van der Waals surface area contributed by atoms with Crippen molar-refractivity contribution in [2.45, 2.75) is 33.4 Å². The minimum Gasteiger partial charge on any atom is -0.485 e. The van der Waals surface area contributed by atoms with Gasteiger partial charge in [-0.15, -0.1) is 0 Å². The van der Waals surface area contributed by atoms with E-state index >= 15 is 0 Å². The lowest BCUT2D eigenvalue weighted by atomic mass is 10.2. The van der Waals surface area contributed by atoms with Crippen molar-refractivity contribution in [3.63, 3.8) is 0 Å². The van der Waals surface area contributed by atoms with Crippen molar-refractivity contribution in [1.29, 1.82) is 0 Å². The van der Waals surface area contributed by atoms with Crippen LogP contribution >= 0.6 is 0 Å². The minimum absolute atomic E-state index is 0.252. The lowest BCUT2D eigenvalue weighted by molar-refractivity contribution is 0.266. The number of hydrogen-bond acceptors (Lipinski definition) is 3. The molecule has 0 saturated carbocycles. The molecule has 1 aromatic heterocycles. The molecular formula is C16H20FNO2. The first kappa shape index (κ1) is 14.6. The standard InChI is InChI=1S/C16H20FNO2/c1-3-7-18-10-13-6-8-19-16(13)11-20-15-5-4-14(17)9-12(15)2/h4-6,8-9,18H,3,7,10-11H2,1-2H3. The number of rotatable bonds is 7. The topological polar surface area (TPSA) is 34.4 Å². The molecule has 0 bridgehead atoms. The molecule has 0 unspecified atom stereocenters. The Labute approximate surface area is 118 Å². The second-order valence-electron chi connectivity index (χ2n) is 4.74. The van der Waals surface area contributed by atoms with Gasteiger partial charge < -0.3 is 14.5 Å². The highest BCUT2D eigenvalue weighted by molar-refractivity contribution is 5.32. The summed E-state index contributed by atoms with van der Waals surface area (Å²) < 4.78 is 24.2.